The molecule has 0 spiro atoms. The Hall–Kier alpha value is -2.02. The lowest BCUT2D eigenvalue weighted by molar-refractivity contribution is -0.113. The first-order valence-corrected chi connectivity index (χ1v) is 7.47. The fourth-order valence-electron chi connectivity index (χ4n) is 1.80. The summed E-state index contributed by atoms with van der Waals surface area (Å²) in [6, 6.07) is 6.05. The lowest BCUT2D eigenvalue weighted by Crippen LogP contribution is -2.18. The maximum atomic E-state index is 12.9. The first kappa shape index (κ1) is 15.4. The van der Waals surface area contributed by atoms with Gasteiger partial charge in [-0.25, -0.2) is 9.07 Å². The van der Waals surface area contributed by atoms with Crippen molar-refractivity contribution in [3.05, 3.63) is 36.3 Å². The molecule has 1 heterocycles. The summed E-state index contributed by atoms with van der Waals surface area (Å²) in [7, 11) is 0. The molecule has 1 aromatic carbocycles. The highest BCUT2D eigenvalue weighted by Gasteiger charge is 2.10. The minimum atomic E-state index is -0.387. The number of nitrogens with one attached hydrogen (secondary N) is 1. The smallest absolute Gasteiger partial charge is 0.235 e. The number of carbonyl (C=O) groups excluding carboxylic acids is 1. The molecule has 2 rings (SSSR count). The van der Waals surface area contributed by atoms with Gasteiger partial charge in [-0.3, -0.25) is 4.79 Å². The summed E-state index contributed by atoms with van der Waals surface area (Å²) in [6.07, 6.45) is 1.64. The van der Waals surface area contributed by atoms with Crippen LogP contribution in [0.25, 0.3) is 0 Å². The number of rotatable bonds is 5. The van der Waals surface area contributed by atoms with Crippen LogP contribution in [0.1, 0.15) is 19.9 Å². The van der Waals surface area contributed by atoms with Crippen LogP contribution in [0.2, 0.25) is 0 Å². The van der Waals surface area contributed by atoms with Crippen LogP contribution in [0.4, 0.5) is 15.9 Å². The zero-order chi connectivity index (χ0) is 15.4. The van der Waals surface area contributed by atoms with Gasteiger partial charge in [0.15, 0.2) is 0 Å². The van der Waals surface area contributed by atoms with Crippen LogP contribution < -0.4 is 11.1 Å². The third-order valence-corrected chi connectivity index (χ3v) is 3.85. The Morgan fingerprint density at radius 1 is 1.48 bits per heavy atom. The predicted molar refractivity (Wildman–Crippen MR) is 82.8 cm³/mol. The van der Waals surface area contributed by atoms with Crippen molar-refractivity contribution in [2.75, 3.05) is 16.8 Å². The Balaban J connectivity index is 1.94. The van der Waals surface area contributed by atoms with Gasteiger partial charge in [0.25, 0.3) is 0 Å². The summed E-state index contributed by atoms with van der Waals surface area (Å²) in [5, 5.41) is 6.94. The van der Waals surface area contributed by atoms with Crippen molar-refractivity contribution >= 4 is 29.2 Å². The number of anilines is 2. The number of thioether (sulfide) groups is 1. The maximum absolute atomic E-state index is 12.9. The SMILES string of the molecule is CC(C)n1nccc1NC(=O)CSc1ccc(F)cc1N. The van der Waals surface area contributed by atoms with E-state index in [4.69, 9.17) is 5.73 Å². The molecule has 1 amide bonds. The van der Waals surface area contributed by atoms with Crippen molar-refractivity contribution in [1.29, 1.82) is 0 Å². The predicted octanol–water partition coefficient (Wildman–Crippen LogP) is 2.92. The van der Waals surface area contributed by atoms with E-state index >= 15 is 0 Å². The topological polar surface area (TPSA) is 72.9 Å². The van der Waals surface area contributed by atoms with Crippen LogP contribution >= 0.6 is 11.8 Å². The van der Waals surface area contributed by atoms with E-state index in [1.165, 1.54) is 23.9 Å². The molecule has 5 nitrogen and oxygen atoms in total. The molecule has 21 heavy (non-hydrogen) atoms. The van der Waals surface area contributed by atoms with E-state index in [1.807, 2.05) is 13.8 Å². The molecule has 0 fully saturated rings. The van der Waals surface area contributed by atoms with Crippen molar-refractivity contribution in [2.24, 2.45) is 0 Å². The summed E-state index contributed by atoms with van der Waals surface area (Å²) in [4.78, 5) is 12.6. The third kappa shape index (κ3) is 3.98. The molecule has 1 aromatic heterocycles. The minimum absolute atomic E-state index is 0.161. The monoisotopic (exact) mass is 308 g/mol. The molecule has 0 saturated heterocycles. The first-order valence-electron chi connectivity index (χ1n) is 6.48. The van der Waals surface area contributed by atoms with Crippen LogP contribution in [0.5, 0.6) is 0 Å². The van der Waals surface area contributed by atoms with Gasteiger partial charge in [-0.05, 0) is 32.0 Å². The number of aromatic nitrogens is 2. The van der Waals surface area contributed by atoms with E-state index in [9.17, 15) is 9.18 Å². The highest BCUT2D eigenvalue weighted by atomic mass is 32.2. The average molecular weight is 308 g/mol. The molecule has 0 aliphatic heterocycles. The largest absolute Gasteiger partial charge is 0.398 e. The molecule has 0 radical (unpaired) electrons. The zero-order valence-corrected chi connectivity index (χ0v) is 12.7. The van der Waals surface area contributed by atoms with Crippen LogP contribution in [0, 0.1) is 5.82 Å². The van der Waals surface area contributed by atoms with E-state index in [-0.39, 0.29) is 23.5 Å². The van der Waals surface area contributed by atoms with E-state index < -0.39 is 0 Å². The lowest BCUT2D eigenvalue weighted by atomic mass is 10.3. The summed E-state index contributed by atoms with van der Waals surface area (Å²) < 4.78 is 14.7. The molecule has 0 unspecified atom stereocenters. The summed E-state index contributed by atoms with van der Waals surface area (Å²) >= 11 is 1.27. The Labute approximate surface area is 126 Å². The summed E-state index contributed by atoms with van der Waals surface area (Å²) in [6.45, 7) is 3.97. The van der Waals surface area contributed by atoms with Crippen LogP contribution in [0.15, 0.2) is 35.4 Å². The van der Waals surface area contributed by atoms with Gasteiger partial charge in [0.05, 0.1) is 11.9 Å². The van der Waals surface area contributed by atoms with Gasteiger partial charge in [0, 0.05) is 22.7 Å². The van der Waals surface area contributed by atoms with E-state index in [2.05, 4.69) is 10.4 Å². The molecule has 0 aliphatic carbocycles. The van der Waals surface area contributed by atoms with E-state index in [0.29, 0.717) is 16.4 Å². The molecule has 2 aromatic rings. The second-order valence-electron chi connectivity index (χ2n) is 4.77. The molecule has 0 aliphatic rings. The number of benzene rings is 1. The number of halogens is 1. The molecule has 7 heteroatoms. The minimum Gasteiger partial charge on any atom is -0.398 e. The normalized spacial score (nSPS) is 10.9. The van der Waals surface area contributed by atoms with Gasteiger partial charge < -0.3 is 11.1 Å². The first-order chi connectivity index (χ1) is 9.97. The van der Waals surface area contributed by atoms with Crippen LogP contribution in [-0.4, -0.2) is 21.4 Å². The maximum Gasteiger partial charge on any atom is 0.235 e. The number of hydrogen-bond acceptors (Lipinski definition) is 4. The zero-order valence-electron chi connectivity index (χ0n) is 11.8. The Kier molecular flexibility index (Phi) is 4.85. The van der Waals surface area contributed by atoms with Gasteiger partial charge in [-0.2, -0.15) is 5.10 Å². The fraction of sp³-hybridized carbons (Fsp3) is 0.286. The summed E-state index contributed by atoms with van der Waals surface area (Å²) in [5.74, 6) is 0.301. The molecule has 0 bridgehead atoms. The van der Waals surface area contributed by atoms with Crippen molar-refractivity contribution < 1.29 is 9.18 Å². The van der Waals surface area contributed by atoms with Gasteiger partial charge in [-0.15, -0.1) is 11.8 Å². The third-order valence-electron chi connectivity index (χ3n) is 2.76. The van der Waals surface area contributed by atoms with Crippen molar-refractivity contribution in [3.63, 3.8) is 0 Å². The van der Waals surface area contributed by atoms with Gasteiger partial charge >= 0.3 is 0 Å². The standard InChI is InChI=1S/C14H17FN4OS/c1-9(2)19-13(5-6-17-19)18-14(20)8-21-12-4-3-10(15)7-11(12)16/h3-7,9H,8,16H2,1-2H3,(H,18,20). The molecular formula is C14H17FN4OS. The molecular weight excluding hydrogens is 291 g/mol. The van der Waals surface area contributed by atoms with Gasteiger partial charge in [0.2, 0.25) is 5.91 Å². The van der Waals surface area contributed by atoms with Crippen LogP contribution in [0.3, 0.4) is 0 Å². The lowest BCUT2D eigenvalue weighted by Gasteiger charge is -2.12. The second kappa shape index (κ2) is 6.62. The Bertz CT molecular complexity index is 642. The Morgan fingerprint density at radius 3 is 2.90 bits per heavy atom. The number of nitrogen functional groups attached to an aromatic ring is 1. The van der Waals surface area contributed by atoms with Crippen LogP contribution in [-0.2, 0) is 4.79 Å². The molecule has 0 atom stereocenters. The number of nitrogens with two attached hydrogens (primary N) is 1. The van der Waals surface area contributed by atoms with Crippen molar-refractivity contribution in [3.8, 4) is 0 Å². The molecule has 112 valence electrons. The summed E-state index contributed by atoms with van der Waals surface area (Å²) in [5.41, 5.74) is 6.03. The van der Waals surface area contributed by atoms with Crippen molar-refractivity contribution in [1.82, 2.24) is 9.78 Å². The number of amides is 1. The van der Waals surface area contributed by atoms with E-state index in [0.717, 1.165) is 0 Å². The average Bonchev–Trinajstić information content (AvgIpc) is 2.86. The highest BCUT2D eigenvalue weighted by molar-refractivity contribution is 8.00. The second-order valence-corrected chi connectivity index (χ2v) is 5.79. The van der Waals surface area contributed by atoms with Gasteiger partial charge in [0.1, 0.15) is 11.6 Å². The van der Waals surface area contributed by atoms with Gasteiger partial charge in [-0.1, -0.05) is 0 Å². The molecule has 0 saturated carbocycles. The quantitative estimate of drug-likeness (QED) is 0.658. The Morgan fingerprint density at radius 2 is 2.24 bits per heavy atom. The highest BCUT2D eigenvalue weighted by Crippen LogP contribution is 2.25. The van der Waals surface area contributed by atoms with Crippen molar-refractivity contribution in [2.45, 2.75) is 24.8 Å². The number of nitrogens with zero attached hydrogens (tertiary/aromatic N) is 2. The number of carbonyl (C=O) groups is 1. The van der Waals surface area contributed by atoms with E-state index in [1.54, 1.807) is 23.0 Å². The molecule has 3 N–H and O–H groups in total. The number of hydrogen-bond donors (Lipinski definition) is 2. The fourth-order valence-corrected chi connectivity index (χ4v) is 2.55.